The molecule has 82 valence electrons. The Hall–Kier alpha value is -1.41. The summed E-state index contributed by atoms with van der Waals surface area (Å²) in [7, 11) is 0. The largest absolute Gasteiger partial charge is 0.316 e. The molecule has 1 aliphatic rings. The monoisotopic (exact) mass is 212 g/mol. The van der Waals surface area contributed by atoms with Gasteiger partial charge in [0.2, 0.25) is 0 Å². The normalized spacial score (nSPS) is 20.4. The Bertz CT molecular complexity index is 513. The molecule has 2 aromatic rings. The first-order chi connectivity index (χ1) is 7.84. The van der Waals surface area contributed by atoms with Gasteiger partial charge in [0, 0.05) is 23.8 Å². The van der Waals surface area contributed by atoms with Crippen molar-refractivity contribution in [1.29, 1.82) is 0 Å². The highest BCUT2D eigenvalue weighted by molar-refractivity contribution is 5.84. The summed E-state index contributed by atoms with van der Waals surface area (Å²) in [5, 5.41) is 6.01. The second-order valence-corrected chi connectivity index (χ2v) is 4.57. The van der Waals surface area contributed by atoms with Crippen LogP contribution < -0.4 is 5.32 Å². The Morgan fingerprint density at radius 1 is 1.31 bits per heavy atom. The van der Waals surface area contributed by atoms with Crippen molar-refractivity contribution in [2.45, 2.75) is 19.3 Å². The third-order valence-electron chi connectivity index (χ3n) is 3.52. The number of nitrogens with zero attached hydrogens (tertiary/aromatic N) is 1. The molecule has 2 heterocycles. The standard InChI is InChI=1S/C14H16N2/c1-10-14-3-2-11(13-4-6-15-9-13)8-12(14)5-7-16-10/h2-3,5,7-8,13,15H,4,6,9H2,1H3. The molecule has 1 saturated heterocycles. The molecule has 0 amide bonds. The van der Waals surface area contributed by atoms with Gasteiger partial charge in [-0.1, -0.05) is 18.2 Å². The van der Waals surface area contributed by atoms with Crippen LogP contribution in [-0.4, -0.2) is 18.1 Å². The minimum atomic E-state index is 0.692. The highest BCUT2D eigenvalue weighted by Crippen LogP contribution is 2.26. The fraction of sp³-hybridized carbons (Fsp3) is 0.357. The summed E-state index contributed by atoms with van der Waals surface area (Å²) in [5.74, 6) is 0.692. The van der Waals surface area contributed by atoms with Crippen LogP contribution in [0.15, 0.2) is 30.5 Å². The molecule has 0 radical (unpaired) electrons. The summed E-state index contributed by atoms with van der Waals surface area (Å²) in [4.78, 5) is 4.32. The van der Waals surface area contributed by atoms with Crippen LogP contribution in [0, 0.1) is 6.92 Å². The number of hydrogen-bond donors (Lipinski definition) is 1. The van der Waals surface area contributed by atoms with E-state index >= 15 is 0 Å². The van der Waals surface area contributed by atoms with Crippen molar-refractivity contribution in [3.63, 3.8) is 0 Å². The number of pyridine rings is 1. The van der Waals surface area contributed by atoms with Crippen LogP contribution in [0.4, 0.5) is 0 Å². The second kappa shape index (κ2) is 3.87. The molecule has 1 unspecified atom stereocenters. The van der Waals surface area contributed by atoms with Gasteiger partial charge in [-0.15, -0.1) is 0 Å². The average Bonchev–Trinajstić information content (AvgIpc) is 2.82. The number of fused-ring (bicyclic) bond motifs is 1. The van der Waals surface area contributed by atoms with Crippen molar-refractivity contribution in [1.82, 2.24) is 10.3 Å². The zero-order chi connectivity index (χ0) is 11.0. The van der Waals surface area contributed by atoms with E-state index in [1.54, 1.807) is 0 Å². The fourth-order valence-electron chi connectivity index (χ4n) is 2.54. The minimum Gasteiger partial charge on any atom is -0.316 e. The van der Waals surface area contributed by atoms with Gasteiger partial charge in [-0.3, -0.25) is 4.98 Å². The number of aryl methyl sites for hydroxylation is 1. The van der Waals surface area contributed by atoms with E-state index in [2.05, 4.69) is 41.5 Å². The van der Waals surface area contributed by atoms with E-state index in [1.165, 1.54) is 22.8 Å². The van der Waals surface area contributed by atoms with Crippen molar-refractivity contribution in [2.75, 3.05) is 13.1 Å². The Labute approximate surface area is 95.7 Å². The lowest BCUT2D eigenvalue weighted by Gasteiger charge is -2.10. The average molecular weight is 212 g/mol. The Kier molecular flexibility index (Phi) is 2.37. The molecule has 3 rings (SSSR count). The number of nitrogens with one attached hydrogen (secondary N) is 1. The Morgan fingerprint density at radius 3 is 3.06 bits per heavy atom. The van der Waals surface area contributed by atoms with Gasteiger partial charge in [-0.2, -0.15) is 0 Å². The van der Waals surface area contributed by atoms with Gasteiger partial charge in [-0.25, -0.2) is 0 Å². The Morgan fingerprint density at radius 2 is 2.25 bits per heavy atom. The third-order valence-corrected chi connectivity index (χ3v) is 3.52. The van der Waals surface area contributed by atoms with E-state index in [9.17, 15) is 0 Å². The highest BCUT2D eigenvalue weighted by Gasteiger charge is 2.16. The summed E-state index contributed by atoms with van der Waals surface area (Å²) in [6.45, 7) is 4.34. The van der Waals surface area contributed by atoms with Crippen molar-refractivity contribution in [3.05, 3.63) is 41.7 Å². The zero-order valence-corrected chi connectivity index (χ0v) is 9.53. The van der Waals surface area contributed by atoms with Crippen LogP contribution in [0.5, 0.6) is 0 Å². The van der Waals surface area contributed by atoms with Gasteiger partial charge in [0.15, 0.2) is 0 Å². The molecule has 0 saturated carbocycles. The molecule has 0 spiro atoms. The number of benzene rings is 1. The van der Waals surface area contributed by atoms with Crippen LogP contribution in [0.3, 0.4) is 0 Å². The lowest BCUT2D eigenvalue weighted by molar-refractivity contribution is 0.764. The number of hydrogen-bond acceptors (Lipinski definition) is 2. The molecule has 2 heteroatoms. The van der Waals surface area contributed by atoms with E-state index in [0.717, 1.165) is 18.8 Å². The van der Waals surface area contributed by atoms with E-state index in [1.807, 2.05) is 6.20 Å². The number of aromatic nitrogens is 1. The maximum absolute atomic E-state index is 4.32. The van der Waals surface area contributed by atoms with Crippen molar-refractivity contribution >= 4 is 10.8 Å². The highest BCUT2D eigenvalue weighted by atomic mass is 14.9. The van der Waals surface area contributed by atoms with Gasteiger partial charge in [0.25, 0.3) is 0 Å². The maximum Gasteiger partial charge on any atom is 0.0450 e. The van der Waals surface area contributed by atoms with E-state index in [-0.39, 0.29) is 0 Å². The van der Waals surface area contributed by atoms with Crippen LogP contribution in [0.2, 0.25) is 0 Å². The molecule has 0 aliphatic carbocycles. The smallest absolute Gasteiger partial charge is 0.0450 e. The van der Waals surface area contributed by atoms with Crippen LogP contribution in [-0.2, 0) is 0 Å². The van der Waals surface area contributed by atoms with Crippen molar-refractivity contribution in [3.8, 4) is 0 Å². The SMILES string of the molecule is Cc1nccc2cc(C3CCNC3)ccc12. The molecular formula is C14H16N2. The van der Waals surface area contributed by atoms with Crippen LogP contribution in [0.1, 0.15) is 23.6 Å². The lowest BCUT2D eigenvalue weighted by atomic mass is 9.96. The third kappa shape index (κ3) is 1.59. The maximum atomic E-state index is 4.32. The molecule has 1 N–H and O–H groups in total. The second-order valence-electron chi connectivity index (χ2n) is 4.57. The molecule has 16 heavy (non-hydrogen) atoms. The molecular weight excluding hydrogens is 196 g/mol. The van der Waals surface area contributed by atoms with Gasteiger partial charge >= 0.3 is 0 Å². The predicted octanol–water partition coefficient (Wildman–Crippen LogP) is 2.62. The summed E-state index contributed by atoms with van der Waals surface area (Å²) < 4.78 is 0. The van der Waals surface area contributed by atoms with Crippen LogP contribution in [0.25, 0.3) is 10.8 Å². The molecule has 0 bridgehead atoms. The van der Waals surface area contributed by atoms with Gasteiger partial charge in [0.1, 0.15) is 0 Å². The molecule has 1 aliphatic heterocycles. The first-order valence-corrected chi connectivity index (χ1v) is 5.90. The van der Waals surface area contributed by atoms with Gasteiger partial charge in [-0.05, 0) is 42.8 Å². The summed E-state index contributed by atoms with van der Waals surface area (Å²) >= 11 is 0. The lowest BCUT2D eigenvalue weighted by Crippen LogP contribution is -2.07. The summed E-state index contributed by atoms with van der Waals surface area (Å²) in [5.41, 5.74) is 2.58. The van der Waals surface area contributed by atoms with Crippen molar-refractivity contribution < 1.29 is 0 Å². The predicted molar refractivity (Wildman–Crippen MR) is 66.7 cm³/mol. The van der Waals surface area contributed by atoms with Crippen LogP contribution >= 0.6 is 0 Å². The van der Waals surface area contributed by atoms with E-state index in [4.69, 9.17) is 0 Å². The Balaban J connectivity index is 2.08. The summed E-state index contributed by atoms with van der Waals surface area (Å²) in [6.07, 6.45) is 3.16. The summed E-state index contributed by atoms with van der Waals surface area (Å²) in [6, 6.07) is 8.90. The minimum absolute atomic E-state index is 0.692. The first kappa shape index (κ1) is 9.79. The topological polar surface area (TPSA) is 24.9 Å². The van der Waals surface area contributed by atoms with Crippen molar-refractivity contribution in [2.24, 2.45) is 0 Å². The quantitative estimate of drug-likeness (QED) is 0.786. The molecule has 1 fully saturated rings. The van der Waals surface area contributed by atoms with Gasteiger partial charge < -0.3 is 5.32 Å². The number of rotatable bonds is 1. The molecule has 1 atom stereocenters. The molecule has 1 aromatic carbocycles. The van der Waals surface area contributed by atoms with E-state index in [0.29, 0.717) is 5.92 Å². The molecule has 1 aromatic heterocycles. The zero-order valence-electron chi connectivity index (χ0n) is 9.53. The molecule has 2 nitrogen and oxygen atoms in total. The fourth-order valence-corrected chi connectivity index (χ4v) is 2.54. The van der Waals surface area contributed by atoms with E-state index < -0.39 is 0 Å². The van der Waals surface area contributed by atoms with Gasteiger partial charge in [0.05, 0.1) is 0 Å². The first-order valence-electron chi connectivity index (χ1n) is 5.90.